The Labute approximate surface area is 211 Å². The van der Waals surface area contributed by atoms with Crippen LogP contribution >= 0.6 is 34.8 Å². The topological polar surface area (TPSA) is 88.4 Å². The van der Waals surface area contributed by atoms with Crippen molar-refractivity contribution in [2.75, 3.05) is 12.4 Å². The summed E-state index contributed by atoms with van der Waals surface area (Å²) in [5, 5.41) is 13.4. The minimum atomic E-state index is -0.635. The summed E-state index contributed by atoms with van der Waals surface area (Å²) < 4.78 is 10.5. The van der Waals surface area contributed by atoms with Gasteiger partial charge in [0.25, 0.3) is 5.91 Å². The molecule has 0 aliphatic rings. The maximum atomic E-state index is 12.7. The molecule has 1 amide bonds. The number of rotatable bonds is 7. The number of esters is 1. The van der Waals surface area contributed by atoms with E-state index in [9.17, 15) is 14.9 Å². The number of nitrogens with zero attached hydrogens (tertiary/aromatic N) is 1. The average Bonchev–Trinajstić information content (AvgIpc) is 2.83. The van der Waals surface area contributed by atoms with Gasteiger partial charge in [-0.3, -0.25) is 4.79 Å². The lowest BCUT2D eigenvalue weighted by Gasteiger charge is -2.11. The number of halogens is 3. The highest BCUT2D eigenvalue weighted by Crippen LogP contribution is 2.28. The fraction of sp³-hybridized carbons (Fsp3) is 0.0800. The van der Waals surface area contributed by atoms with Crippen LogP contribution in [0.25, 0.3) is 6.08 Å². The Balaban J connectivity index is 1.79. The van der Waals surface area contributed by atoms with Gasteiger partial charge in [-0.05, 0) is 66.2 Å². The molecule has 0 aromatic heterocycles. The highest BCUT2D eigenvalue weighted by Gasteiger charge is 2.13. The van der Waals surface area contributed by atoms with E-state index < -0.39 is 11.9 Å². The van der Waals surface area contributed by atoms with Gasteiger partial charge in [0, 0.05) is 16.3 Å². The van der Waals surface area contributed by atoms with Crippen molar-refractivity contribution in [1.29, 1.82) is 5.26 Å². The van der Waals surface area contributed by atoms with Crippen molar-refractivity contribution in [1.82, 2.24) is 0 Å². The zero-order valence-electron chi connectivity index (χ0n) is 17.8. The van der Waals surface area contributed by atoms with E-state index in [4.69, 9.17) is 39.5 Å². The van der Waals surface area contributed by atoms with Crippen LogP contribution in [0, 0.1) is 11.3 Å². The van der Waals surface area contributed by atoms with Crippen LogP contribution < -0.4 is 10.1 Å². The number of amides is 1. The Morgan fingerprint density at radius 1 is 1.00 bits per heavy atom. The number of carbonyl (C=O) groups excluding carboxylic acids is 2. The molecule has 0 aliphatic carbocycles. The molecule has 34 heavy (non-hydrogen) atoms. The zero-order chi connectivity index (χ0) is 24.7. The third kappa shape index (κ3) is 6.52. The average molecular weight is 516 g/mol. The van der Waals surface area contributed by atoms with E-state index in [-0.39, 0.29) is 12.2 Å². The van der Waals surface area contributed by atoms with Crippen molar-refractivity contribution >= 4 is 58.4 Å². The number of hydrogen-bond acceptors (Lipinski definition) is 5. The van der Waals surface area contributed by atoms with E-state index in [1.165, 1.54) is 37.5 Å². The van der Waals surface area contributed by atoms with E-state index in [2.05, 4.69) is 10.1 Å². The summed E-state index contributed by atoms with van der Waals surface area (Å²) in [7, 11) is 1.28. The summed E-state index contributed by atoms with van der Waals surface area (Å²) >= 11 is 18.1. The normalized spacial score (nSPS) is 10.9. The lowest BCUT2D eigenvalue weighted by molar-refractivity contribution is -0.112. The third-order valence-electron chi connectivity index (χ3n) is 4.58. The fourth-order valence-corrected chi connectivity index (χ4v) is 3.37. The number of nitrogens with one attached hydrogen (secondary N) is 1. The molecule has 1 N–H and O–H groups in total. The van der Waals surface area contributed by atoms with Gasteiger partial charge in [0.05, 0.1) is 22.7 Å². The van der Waals surface area contributed by atoms with Gasteiger partial charge >= 0.3 is 5.97 Å². The molecule has 0 bridgehead atoms. The number of carbonyl (C=O) groups is 2. The Morgan fingerprint density at radius 2 is 1.74 bits per heavy atom. The number of nitriles is 1. The summed E-state index contributed by atoms with van der Waals surface area (Å²) in [5.41, 5.74) is 1.80. The number of hydrogen-bond donors (Lipinski definition) is 1. The number of benzene rings is 3. The first kappa shape index (κ1) is 25.1. The fourth-order valence-electron chi connectivity index (χ4n) is 2.86. The quantitative estimate of drug-likeness (QED) is 0.219. The standard InChI is InChI=1S/C25H17Cl3N2O4/c1-33-25(32)16-3-6-20(7-4-16)30-24(31)18(13-29)11-17-12-19(26)5-9-23(17)34-14-15-2-8-21(27)22(28)10-15/h2-12H,14H2,1H3,(H,30,31)/b18-11+. The molecule has 0 spiro atoms. The van der Waals surface area contributed by atoms with Gasteiger partial charge in [0.15, 0.2) is 0 Å². The Bertz CT molecular complexity index is 1300. The van der Waals surface area contributed by atoms with Gasteiger partial charge in [-0.25, -0.2) is 4.79 Å². The molecule has 3 rings (SSSR count). The molecule has 0 saturated heterocycles. The lowest BCUT2D eigenvalue weighted by Crippen LogP contribution is -2.13. The van der Waals surface area contributed by atoms with E-state index in [1.54, 1.807) is 36.4 Å². The molecule has 3 aromatic rings. The van der Waals surface area contributed by atoms with Gasteiger partial charge in [0.2, 0.25) is 0 Å². The summed E-state index contributed by atoms with van der Waals surface area (Å²) in [4.78, 5) is 24.2. The second kappa shape index (κ2) is 11.6. The molecular formula is C25H17Cl3N2O4. The molecule has 9 heteroatoms. The van der Waals surface area contributed by atoms with Gasteiger partial charge in [0.1, 0.15) is 24.0 Å². The van der Waals surface area contributed by atoms with Crippen LogP contribution in [-0.4, -0.2) is 19.0 Å². The molecule has 0 heterocycles. The van der Waals surface area contributed by atoms with Gasteiger partial charge in [-0.2, -0.15) is 5.26 Å². The van der Waals surface area contributed by atoms with Crippen molar-refractivity contribution in [3.63, 3.8) is 0 Å². The molecule has 6 nitrogen and oxygen atoms in total. The predicted molar refractivity (Wildman–Crippen MR) is 132 cm³/mol. The molecule has 0 saturated carbocycles. The summed E-state index contributed by atoms with van der Waals surface area (Å²) in [6.45, 7) is 0.181. The van der Waals surface area contributed by atoms with Crippen LogP contribution in [0.1, 0.15) is 21.5 Å². The first-order valence-corrected chi connectivity index (χ1v) is 10.9. The highest BCUT2D eigenvalue weighted by atomic mass is 35.5. The molecule has 0 unspecified atom stereocenters. The minimum absolute atomic E-state index is 0.168. The Kier molecular flexibility index (Phi) is 8.55. The Hall–Kier alpha value is -3.50. The first-order chi connectivity index (χ1) is 16.3. The summed E-state index contributed by atoms with van der Waals surface area (Å²) in [5.74, 6) is -0.716. The molecule has 0 fully saturated rings. The van der Waals surface area contributed by atoms with Crippen LogP contribution in [0.4, 0.5) is 5.69 Å². The number of methoxy groups -OCH3 is 1. The number of ether oxygens (including phenoxy) is 2. The largest absolute Gasteiger partial charge is 0.488 e. The molecule has 172 valence electrons. The van der Waals surface area contributed by atoms with Crippen LogP contribution in [0.5, 0.6) is 5.75 Å². The van der Waals surface area contributed by atoms with E-state index >= 15 is 0 Å². The number of anilines is 1. The molecule has 0 radical (unpaired) electrons. The van der Waals surface area contributed by atoms with Crippen LogP contribution in [0.15, 0.2) is 66.2 Å². The van der Waals surface area contributed by atoms with Gasteiger partial charge in [-0.15, -0.1) is 0 Å². The smallest absolute Gasteiger partial charge is 0.337 e. The third-order valence-corrected chi connectivity index (χ3v) is 5.55. The lowest BCUT2D eigenvalue weighted by atomic mass is 10.1. The van der Waals surface area contributed by atoms with E-state index in [1.807, 2.05) is 6.07 Å². The maximum Gasteiger partial charge on any atom is 0.337 e. The summed E-state index contributed by atoms with van der Waals surface area (Å²) in [6, 6.07) is 18.0. The van der Waals surface area contributed by atoms with Gasteiger partial charge < -0.3 is 14.8 Å². The van der Waals surface area contributed by atoms with Crippen molar-refractivity contribution in [2.24, 2.45) is 0 Å². The monoisotopic (exact) mass is 514 g/mol. The van der Waals surface area contributed by atoms with Crippen LogP contribution in [-0.2, 0) is 16.1 Å². The van der Waals surface area contributed by atoms with Crippen LogP contribution in [0.3, 0.4) is 0 Å². The van der Waals surface area contributed by atoms with Crippen molar-refractivity contribution in [3.8, 4) is 11.8 Å². The SMILES string of the molecule is COC(=O)c1ccc(NC(=O)/C(C#N)=C/c2cc(Cl)ccc2OCc2ccc(Cl)c(Cl)c2)cc1. The second-order valence-electron chi connectivity index (χ2n) is 6.91. The van der Waals surface area contributed by atoms with E-state index in [0.717, 1.165) is 5.56 Å². The molecule has 0 atom stereocenters. The van der Waals surface area contributed by atoms with Crippen molar-refractivity contribution < 1.29 is 19.1 Å². The zero-order valence-corrected chi connectivity index (χ0v) is 20.0. The van der Waals surface area contributed by atoms with E-state index in [0.29, 0.717) is 37.6 Å². The van der Waals surface area contributed by atoms with Crippen LogP contribution in [0.2, 0.25) is 15.1 Å². The maximum absolute atomic E-state index is 12.7. The molecule has 0 aliphatic heterocycles. The van der Waals surface area contributed by atoms with Gasteiger partial charge in [-0.1, -0.05) is 40.9 Å². The Morgan fingerprint density at radius 3 is 2.38 bits per heavy atom. The minimum Gasteiger partial charge on any atom is -0.488 e. The second-order valence-corrected chi connectivity index (χ2v) is 8.16. The van der Waals surface area contributed by atoms with Crippen molar-refractivity contribution in [3.05, 3.63) is 98.0 Å². The van der Waals surface area contributed by atoms with Crippen molar-refractivity contribution in [2.45, 2.75) is 6.61 Å². The molecule has 3 aromatic carbocycles. The summed E-state index contributed by atoms with van der Waals surface area (Å²) in [6.07, 6.45) is 1.38. The first-order valence-electron chi connectivity index (χ1n) is 9.78. The highest BCUT2D eigenvalue weighted by molar-refractivity contribution is 6.42. The molecular weight excluding hydrogens is 499 g/mol. The predicted octanol–water partition coefficient (Wildman–Crippen LogP) is 6.56.